The standard InChI is InChI=1S/C26H28N6O4/c1-16(20-5-4-12-31(20)2)22(30-23(33)21-8-11-27-32(21)3)24(34)28-17-6-7-18-19(15-17)29-25(35)26(18)9-13-36-14-10-26/h4-8,11-12,15H,9-10,13-14H2,1-3H3,(H,28,34)(H,29,35)(H,30,33)/b22-16+. The van der Waals surface area contributed by atoms with Crippen LogP contribution in [0, 0.1) is 0 Å². The zero-order chi connectivity index (χ0) is 25.4. The summed E-state index contributed by atoms with van der Waals surface area (Å²) < 4.78 is 8.78. The largest absolute Gasteiger partial charge is 0.381 e. The Morgan fingerprint density at radius 1 is 1.11 bits per heavy atom. The third-order valence-electron chi connectivity index (χ3n) is 7.04. The number of nitrogens with zero attached hydrogens (tertiary/aromatic N) is 3. The summed E-state index contributed by atoms with van der Waals surface area (Å²) in [6.07, 6.45) is 4.64. The van der Waals surface area contributed by atoms with Crippen LogP contribution in [0.3, 0.4) is 0 Å². The van der Waals surface area contributed by atoms with Crippen LogP contribution in [0.4, 0.5) is 11.4 Å². The van der Waals surface area contributed by atoms with Crippen LogP contribution in [0.15, 0.2) is 54.5 Å². The predicted molar refractivity (Wildman–Crippen MR) is 134 cm³/mol. The van der Waals surface area contributed by atoms with Crippen LogP contribution in [-0.4, -0.2) is 45.3 Å². The van der Waals surface area contributed by atoms with Gasteiger partial charge in [0, 0.05) is 62.3 Å². The van der Waals surface area contributed by atoms with Gasteiger partial charge in [0.2, 0.25) is 5.91 Å². The molecule has 0 bridgehead atoms. The van der Waals surface area contributed by atoms with E-state index in [0.717, 1.165) is 11.3 Å². The minimum atomic E-state index is -0.582. The SMILES string of the molecule is C/C(=C(\NC(=O)c1ccnn1C)C(=O)Nc1ccc2c(c1)NC(=O)C21CCOCC1)c1cccn1C. The summed E-state index contributed by atoms with van der Waals surface area (Å²) in [6.45, 7) is 2.86. The first-order valence-corrected chi connectivity index (χ1v) is 11.8. The molecule has 1 fully saturated rings. The molecule has 1 aromatic carbocycles. The molecule has 3 N–H and O–H groups in total. The van der Waals surface area contributed by atoms with Crippen LogP contribution >= 0.6 is 0 Å². The fraction of sp³-hybridized carbons (Fsp3) is 0.308. The lowest BCUT2D eigenvalue weighted by Gasteiger charge is -2.31. The molecule has 1 saturated heterocycles. The number of ether oxygens (including phenoxy) is 1. The molecule has 186 valence electrons. The molecule has 0 aliphatic carbocycles. The van der Waals surface area contributed by atoms with Crippen molar-refractivity contribution in [2.75, 3.05) is 23.8 Å². The molecular weight excluding hydrogens is 460 g/mol. The Morgan fingerprint density at radius 2 is 1.89 bits per heavy atom. The molecule has 3 amide bonds. The average molecular weight is 489 g/mol. The highest BCUT2D eigenvalue weighted by Gasteiger charge is 2.47. The molecule has 10 nitrogen and oxygen atoms in total. The Bertz CT molecular complexity index is 1390. The van der Waals surface area contributed by atoms with Gasteiger partial charge in [-0.25, -0.2) is 0 Å². The lowest BCUT2D eigenvalue weighted by Crippen LogP contribution is -2.39. The number of fused-ring (bicyclic) bond motifs is 2. The number of benzene rings is 1. The second kappa shape index (κ2) is 9.12. The molecule has 0 radical (unpaired) electrons. The van der Waals surface area contributed by atoms with Crippen molar-refractivity contribution in [2.24, 2.45) is 14.1 Å². The van der Waals surface area contributed by atoms with Gasteiger partial charge in [-0.3, -0.25) is 19.1 Å². The maximum Gasteiger partial charge on any atom is 0.274 e. The number of hydrogen-bond acceptors (Lipinski definition) is 5. The van der Waals surface area contributed by atoms with E-state index in [2.05, 4.69) is 21.0 Å². The number of carbonyl (C=O) groups excluding carboxylic acids is 3. The molecule has 5 rings (SSSR count). The fourth-order valence-electron chi connectivity index (χ4n) is 4.99. The quantitative estimate of drug-likeness (QED) is 0.477. The summed E-state index contributed by atoms with van der Waals surface area (Å²) in [4.78, 5) is 39.3. The number of rotatable bonds is 5. The van der Waals surface area contributed by atoms with Gasteiger partial charge in [-0.05, 0) is 55.7 Å². The van der Waals surface area contributed by atoms with Crippen LogP contribution in [0.1, 0.15) is 41.5 Å². The minimum Gasteiger partial charge on any atom is -0.381 e. The lowest BCUT2D eigenvalue weighted by molar-refractivity contribution is -0.124. The second-order valence-electron chi connectivity index (χ2n) is 9.16. The predicted octanol–water partition coefficient (Wildman–Crippen LogP) is 2.56. The van der Waals surface area contributed by atoms with Gasteiger partial charge in [-0.2, -0.15) is 5.10 Å². The Kier molecular flexibility index (Phi) is 5.97. The Hall–Kier alpha value is -4.18. The topological polar surface area (TPSA) is 119 Å². The van der Waals surface area contributed by atoms with Crippen molar-refractivity contribution in [3.63, 3.8) is 0 Å². The third-order valence-corrected chi connectivity index (χ3v) is 7.04. The molecule has 10 heteroatoms. The smallest absolute Gasteiger partial charge is 0.274 e. The summed E-state index contributed by atoms with van der Waals surface area (Å²) in [6, 6.07) is 10.7. The molecule has 1 spiro atoms. The van der Waals surface area contributed by atoms with E-state index >= 15 is 0 Å². The normalized spacial score (nSPS) is 16.8. The van der Waals surface area contributed by atoms with Gasteiger partial charge in [0.1, 0.15) is 11.4 Å². The molecule has 4 heterocycles. The molecule has 2 aromatic heterocycles. The number of hydrogen-bond donors (Lipinski definition) is 3. The van der Waals surface area contributed by atoms with E-state index in [4.69, 9.17) is 4.74 Å². The van der Waals surface area contributed by atoms with Gasteiger partial charge in [0.15, 0.2) is 0 Å². The summed E-state index contributed by atoms with van der Waals surface area (Å²) in [5.74, 6) is -0.960. The van der Waals surface area contributed by atoms with Gasteiger partial charge in [-0.15, -0.1) is 0 Å². The summed E-state index contributed by atoms with van der Waals surface area (Å²) in [7, 11) is 3.53. The van der Waals surface area contributed by atoms with Gasteiger partial charge < -0.3 is 25.3 Å². The van der Waals surface area contributed by atoms with E-state index in [9.17, 15) is 14.4 Å². The molecular formula is C26H28N6O4. The van der Waals surface area contributed by atoms with Crippen LogP contribution in [0.5, 0.6) is 0 Å². The lowest BCUT2D eigenvalue weighted by atomic mass is 9.75. The number of carbonyl (C=O) groups is 3. The van der Waals surface area contributed by atoms with E-state index in [1.807, 2.05) is 36.0 Å². The van der Waals surface area contributed by atoms with Crippen molar-refractivity contribution >= 4 is 34.7 Å². The van der Waals surface area contributed by atoms with Crippen molar-refractivity contribution in [3.8, 4) is 0 Å². The molecule has 0 saturated carbocycles. The van der Waals surface area contributed by atoms with Crippen molar-refractivity contribution in [3.05, 3.63) is 71.4 Å². The first-order chi connectivity index (χ1) is 17.3. The first kappa shape index (κ1) is 23.6. The number of amides is 3. The summed E-state index contributed by atoms with van der Waals surface area (Å²) in [5, 5.41) is 12.7. The molecule has 2 aliphatic heterocycles. The monoisotopic (exact) mass is 488 g/mol. The first-order valence-electron chi connectivity index (χ1n) is 11.8. The Morgan fingerprint density at radius 3 is 2.56 bits per heavy atom. The molecule has 3 aromatic rings. The van der Waals surface area contributed by atoms with Crippen LogP contribution < -0.4 is 16.0 Å². The summed E-state index contributed by atoms with van der Waals surface area (Å²) >= 11 is 0. The fourth-order valence-corrected chi connectivity index (χ4v) is 4.99. The van der Waals surface area contributed by atoms with E-state index in [0.29, 0.717) is 48.7 Å². The van der Waals surface area contributed by atoms with Gasteiger partial charge in [-0.1, -0.05) is 6.07 Å². The number of allylic oxidation sites excluding steroid dienone is 1. The zero-order valence-electron chi connectivity index (χ0n) is 20.4. The van der Waals surface area contributed by atoms with Crippen molar-refractivity contribution in [1.82, 2.24) is 19.7 Å². The maximum atomic E-state index is 13.5. The molecule has 36 heavy (non-hydrogen) atoms. The van der Waals surface area contributed by atoms with Crippen LogP contribution in [0.2, 0.25) is 0 Å². The second-order valence-corrected chi connectivity index (χ2v) is 9.16. The van der Waals surface area contributed by atoms with Gasteiger partial charge >= 0.3 is 0 Å². The summed E-state index contributed by atoms with van der Waals surface area (Å²) in [5.41, 5.74) is 3.36. The number of anilines is 2. The van der Waals surface area contributed by atoms with Crippen molar-refractivity contribution in [2.45, 2.75) is 25.2 Å². The van der Waals surface area contributed by atoms with E-state index in [1.165, 1.54) is 10.9 Å². The Balaban J connectivity index is 1.45. The number of nitrogens with one attached hydrogen (secondary N) is 3. The highest BCUT2D eigenvalue weighted by molar-refractivity contribution is 6.13. The van der Waals surface area contributed by atoms with E-state index < -0.39 is 17.2 Å². The van der Waals surface area contributed by atoms with Crippen LogP contribution in [-0.2, 0) is 33.8 Å². The van der Waals surface area contributed by atoms with E-state index in [1.54, 1.807) is 32.2 Å². The molecule has 0 atom stereocenters. The zero-order valence-corrected chi connectivity index (χ0v) is 20.4. The highest BCUT2D eigenvalue weighted by atomic mass is 16.5. The Labute approximate surface area is 208 Å². The van der Waals surface area contributed by atoms with Crippen LogP contribution in [0.25, 0.3) is 5.57 Å². The van der Waals surface area contributed by atoms with Crippen molar-refractivity contribution in [1.29, 1.82) is 0 Å². The average Bonchev–Trinajstić information content (AvgIpc) is 3.55. The van der Waals surface area contributed by atoms with Gasteiger partial charge in [0.05, 0.1) is 5.41 Å². The van der Waals surface area contributed by atoms with Gasteiger partial charge in [0.25, 0.3) is 11.8 Å². The third kappa shape index (κ3) is 3.99. The highest BCUT2D eigenvalue weighted by Crippen LogP contribution is 2.45. The number of aromatic nitrogens is 3. The van der Waals surface area contributed by atoms with E-state index in [-0.39, 0.29) is 11.6 Å². The number of aryl methyl sites for hydroxylation is 2. The maximum absolute atomic E-state index is 13.5. The molecule has 0 unspecified atom stereocenters. The molecule has 2 aliphatic rings. The minimum absolute atomic E-state index is 0.0344. The van der Waals surface area contributed by atoms with Crippen molar-refractivity contribution < 1.29 is 19.1 Å².